The maximum absolute atomic E-state index is 10.1. The standard InChI is InChI=1S/C14H22N2O/c1-15(13-7-3-2-4-8-13)11-14(17)12-16-9-5-6-10-16/h2-4,7-8,14,17H,5-6,9-12H2,1H3. The number of β-amino-alcohol motifs (C(OH)–C–C–N with tert-alkyl or cyclic N) is 1. The number of nitrogens with zero attached hydrogens (tertiary/aromatic N) is 2. The highest BCUT2D eigenvalue weighted by atomic mass is 16.3. The van der Waals surface area contributed by atoms with E-state index >= 15 is 0 Å². The van der Waals surface area contributed by atoms with Crippen LogP contribution in [-0.2, 0) is 0 Å². The number of anilines is 1. The number of likely N-dealkylation sites (N-methyl/N-ethyl adjacent to an activating group) is 1. The second-order valence-electron chi connectivity index (χ2n) is 4.88. The van der Waals surface area contributed by atoms with E-state index in [0.29, 0.717) is 6.54 Å². The largest absolute Gasteiger partial charge is 0.390 e. The molecule has 0 spiro atoms. The summed E-state index contributed by atoms with van der Waals surface area (Å²) in [4.78, 5) is 4.46. The molecule has 1 aromatic carbocycles. The number of para-hydroxylation sites is 1. The molecule has 17 heavy (non-hydrogen) atoms. The smallest absolute Gasteiger partial charge is 0.0841 e. The van der Waals surface area contributed by atoms with Gasteiger partial charge in [-0.15, -0.1) is 0 Å². The van der Waals surface area contributed by atoms with Gasteiger partial charge < -0.3 is 14.9 Å². The van der Waals surface area contributed by atoms with Crippen molar-refractivity contribution >= 4 is 5.69 Å². The molecule has 1 heterocycles. The molecule has 1 saturated heterocycles. The van der Waals surface area contributed by atoms with E-state index in [1.54, 1.807) is 0 Å². The molecular weight excluding hydrogens is 212 g/mol. The summed E-state index contributed by atoms with van der Waals surface area (Å²) < 4.78 is 0. The van der Waals surface area contributed by atoms with Crippen LogP contribution in [-0.4, -0.2) is 49.3 Å². The zero-order valence-corrected chi connectivity index (χ0v) is 10.5. The van der Waals surface area contributed by atoms with Crippen LogP contribution in [0.3, 0.4) is 0 Å². The molecule has 1 fully saturated rings. The number of aliphatic hydroxyl groups excluding tert-OH is 1. The van der Waals surface area contributed by atoms with E-state index in [1.165, 1.54) is 12.8 Å². The van der Waals surface area contributed by atoms with Gasteiger partial charge in [-0.2, -0.15) is 0 Å². The Morgan fingerprint density at radius 3 is 2.53 bits per heavy atom. The van der Waals surface area contributed by atoms with Gasteiger partial charge in [-0.25, -0.2) is 0 Å². The lowest BCUT2D eigenvalue weighted by atomic mass is 10.2. The Morgan fingerprint density at radius 1 is 1.24 bits per heavy atom. The highest BCUT2D eigenvalue weighted by Crippen LogP contribution is 2.12. The Bertz CT molecular complexity index is 322. The van der Waals surface area contributed by atoms with E-state index in [9.17, 15) is 5.11 Å². The number of rotatable bonds is 5. The third-order valence-corrected chi connectivity index (χ3v) is 3.35. The summed E-state index contributed by atoms with van der Waals surface area (Å²) in [5, 5.41) is 10.1. The number of benzene rings is 1. The first kappa shape index (κ1) is 12.4. The molecular formula is C14H22N2O. The Kier molecular flexibility index (Phi) is 4.40. The molecule has 1 atom stereocenters. The van der Waals surface area contributed by atoms with Crippen LogP contribution in [0.15, 0.2) is 30.3 Å². The van der Waals surface area contributed by atoms with Crippen molar-refractivity contribution in [2.75, 3.05) is 38.1 Å². The average molecular weight is 234 g/mol. The molecule has 0 amide bonds. The van der Waals surface area contributed by atoms with Crippen molar-refractivity contribution in [3.63, 3.8) is 0 Å². The first-order chi connectivity index (χ1) is 8.25. The van der Waals surface area contributed by atoms with Gasteiger partial charge in [-0.1, -0.05) is 18.2 Å². The van der Waals surface area contributed by atoms with Crippen molar-refractivity contribution < 1.29 is 5.11 Å². The number of aliphatic hydroxyl groups is 1. The normalized spacial score (nSPS) is 18.2. The van der Waals surface area contributed by atoms with Crippen molar-refractivity contribution in [2.24, 2.45) is 0 Å². The fraction of sp³-hybridized carbons (Fsp3) is 0.571. The minimum absolute atomic E-state index is 0.265. The second kappa shape index (κ2) is 6.03. The van der Waals surface area contributed by atoms with Crippen LogP contribution in [0.1, 0.15) is 12.8 Å². The van der Waals surface area contributed by atoms with Gasteiger partial charge in [0.1, 0.15) is 0 Å². The summed E-state index contributed by atoms with van der Waals surface area (Å²) in [6.07, 6.45) is 2.29. The third kappa shape index (κ3) is 3.72. The molecule has 1 aromatic rings. The van der Waals surface area contributed by atoms with Gasteiger partial charge in [-0.05, 0) is 38.1 Å². The second-order valence-corrected chi connectivity index (χ2v) is 4.88. The van der Waals surface area contributed by atoms with Gasteiger partial charge in [0.05, 0.1) is 6.10 Å². The van der Waals surface area contributed by atoms with Crippen molar-refractivity contribution in [3.8, 4) is 0 Å². The predicted molar refractivity (Wildman–Crippen MR) is 71.4 cm³/mol. The van der Waals surface area contributed by atoms with Crippen LogP contribution >= 0.6 is 0 Å². The molecule has 2 rings (SSSR count). The highest BCUT2D eigenvalue weighted by Gasteiger charge is 2.16. The van der Waals surface area contributed by atoms with Crippen molar-refractivity contribution in [3.05, 3.63) is 30.3 Å². The number of likely N-dealkylation sites (tertiary alicyclic amines) is 1. The fourth-order valence-electron chi connectivity index (χ4n) is 2.42. The van der Waals surface area contributed by atoms with Crippen molar-refractivity contribution in [1.29, 1.82) is 0 Å². The highest BCUT2D eigenvalue weighted by molar-refractivity contribution is 5.45. The fourth-order valence-corrected chi connectivity index (χ4v) is 2.42. The van der Waals surface area contributed by atoms with Crippen LogP contribution in [0.25, 0.3) is 0 Å². The van der Waals surface area contributed by atoms with E-state index in [2.05, 4.69) is 21.9 Å². The van der Waals surface area contributed by atoms with E-state index in [1.807, 2.05) is 25.2 Å². The predicted octanol–water partition coefficient (Wildman–Crippen LogP) is 1.58. The van der Waals surface area contributed by atoms with Gasteiger partial charge >= 0.3 is 0 Å². The Hall–Kier alpha value is -1.06. The zero-order chi connectivity index (χ0) is 12.1. The summed E-state index contributed by atoms with van der Waals surface area (Å²) in [5.74, 6) is 0. The van der Waals surface area contributed by atoms with Gasteiger partial charge in [0, 0.05) is 25.8 Å². The first-order valence-corrected chi connectivity index (χ1v) is 6.42. The van der Waals surface area contributed by atoms with Gasteiger partial charge in [-0.3, -0.25) is 0 Å². The molecule has 1 N–H and O–H groups in total. The molecule has 0 bridgehead atoms. The molecule has 0 aliphatic carbocycles. The Balaban J connectivity index is 1.79. The van der Waals surface area contributed by atoms with Crippen LogP contribution in [0.5, 0.6) is 0 Å². The molecule has 0 radical (unpaired) electrons. The topological polar surface area (TPSA) is 26.7 Å². The molecule has 3 nitrogen and oxygen atoms in total. The van der Waals surface area contributed by atoms with Gasteiger partial charge in [0.2, 0.25) is 0 Å². The maximum atomic E-state index is 10.1. The third-order valence-electron chi connectivity index (χ3n) is 3.35. The lowest BCUT2D eigenvalue weighted by Crippen LogP contribution is -2.37. The van der Waals surface area contributed by atoms with Crippen molar-refractivity contribution in [1.82, 2.24) is 4.90 Å². The molecule has 0 saturated carbocycles. The Labute approximate surface area is 104 Å². The zero-order valence-electron chi connectivity index (χ0n) is 10.5. The van der Waals surface area contributed by atoms with E-state index < -0.39 is 0 Å². The SMILES string of the molecule is CN(CC(O)CN1CCCC1)c1ccccc1. The summed E-state index contributed by atoms with van der Waals surface area (Å²) in [6.45, 7) is 3.79. The molecule has 0 aromatic heterocycles. The molecule has 3 heteroatoms. The van der Waals surface area contributed by atoms with Crippen LogP contribution in [0.2, 0.25) is 0 Å². The molecule has 1 aliphatic rings. The summed E-state index contributed by atoms with van der Waals surface area (Å²) in [5.41, 5.74) is 1.16. The van der Waals surface area contributed by atoms with Gasteiger partial charge in [0.15, 0.2) is 0 Å². The number of hydrogen-bond acceptors (Lipinski definition) is 3. The molecule has 1 aliphatic heterocycles. The first-order valence-electron chi connectivity index (χ1n) is 6.42. The van der Waals surface area contributed by atoms with Crippen LogP contribution in [0.4, 0.5) is 5.69 Å². The van der Waals surface area contributed by atoms with E-state index in [0.717, 1.165) is 25.3 Å². The monoisotopic (exact) mass is 234 g/mol. The summed E-state index contributed by atoms with van der Waals surface area (Å²) >= 11 is 0. The molecule has 94 valence electrons. The quantitative estimate of drug-likeness (QED) is 0.838. The number of hydrogen-bond donors (Lipinski definition) is 1. The van der Waals surface area contributed by atoms with Crippen molar-refractivity contribution in [2.45, 2.75) is 18.9 Å². The maximum Gasteiger partial charge on any atom is 0.0841 e. The summed E-state index contributed by atoms with van der Waals surface area (Å²) in [7, 11) is 2.03. The Morgan fingerprint density at radius 2 is 1.88 bits per heavy atom. The minimum Gasteiger partial charge on any atom is -0.390 e. The summed E-state index contributed by atoms with van der Waals surface area (Å²) in [6, 6.07) is 10.2. The lowest BCUT2D eigenvalue weighted by Gasteiger charge is -2.25. The van der Waals surface area contributed by atoms with E-state index in [4.69, 9.17) is 0 Å². The van der Waals surface area contributed by atoms with E-state index in [-0.39, 0.29) is 6.10 Å². The minimum atomic E-state index is -0.265. The van der Waals surface area contributed by atoms with Crippen LogP contribution < -0.4 is 4.90 Å². The van der Waals surface area contributed by atoms with Crippen LogP contribution in [0, 0.1) is 0 Å². The lowest BCUT2D eigenvalue weighted by molar-refractivity contribution is 0.131. The average Bonchev–Trinajstić information content (AvgIpc) is 2.82. The van der Waals surface area contributed by atoms with Gasteiger partial charge in [0.25, 0.3) is 0 Å². The molecule has 1 unspecified atom stereocenters.